The third-order valence-electron chi connectivity index (χ3n) is 4.17. The summed E-state index contributed by atoms with van der Waals surface area (Å²) in [6.45, 7) is 6.00. The van der Waals surface area contributed by atoms with Crippen molar-refractivity contribution in [2.75, 3.05) is 30.3 Å². The van der Waals surface area contributed by atoms with Crippen LogP contribution >= 0.6 is 0 Å². The highest BCUT2D eigenvalue weighted by Crippen LogP contribution is 2.17. The van der Waals surface area contributed by atoms with Crippen LogP contribution in [0.3, 0.4) is 0 Å². The molecular formula is C20H26N6O. The highest BCUT2D eigenvalue weighted by atomic mass is 16.1. The lowest BCUT2D eigenvalue weighted by Crippen LogP contribution is -2.30. The van der Waals surface area contributed by atoms with Crippen LogP contribution in [0, 0.1) is 6.92 Å². The molecule has 0 saturated carbocycles. The van der Waals surface area contributed by atoms with E-state index in [0.29, 0.717) is 25.5 Å². The number of hydrogen-bond acceptors (Lipinski definition) is 5. The second-order valence-corrected chi connectivity index (χ2v) is 6.46. The van der Waals surface area contributed by atoms with E-state index in [9.17, 15) is 4.79 Å². The average Bonchev–Trinajstić information content (AvgIpc) is 3.06. The number of carbonyl (C=O) groups excluding carboxylic acids is 1. The molecule has 0 aliphatic rings. The fourth-order valence-corrected chi connectivity index (χ4v) is 2.88. The molecule has 0 aliphatic heterocycles. The van der Waals surface area contributed by atoms with Crippen molar-refractivity contribution >= 4 is 28.6 Å². The quantitative estimate of drug-likeness (QED) is 0.437. The van der Waals surface area contributed by atoms with Gasteiger partial charge in [-0.25, -0.2) is 4.98 Å². The fourth-order valence-electron chi connectivity index (χ4n) is 2.88. The van der Waals surface area contributed by atoms with E-state index in [-0.39, 0.29) is 5.91 Å². The van der Waals surface area contributed by atoms with E-state index >= 15 is 0 Å². The van der Waals surface area contributed by atoms with E-state index < -0.39 is 0 Å². The summed E-state index contributed by atoms with van der Waals surface area (Å²) in [6, 6.07) is 9.91. The summed E-state index contributed by atoms with van der Waals surface area (Å²) in [5.74, 6) is 1.38. The maximum atomic E-state index is 12.2. The first-order valence-corrected chi connectivity index (χ1v) is 9.31. The number of benzene rings is 1. The maximum absolute atomic E-state index is 12.2. The first-order valence-electron chi connectivity index (χ1n) is 9.31. The minimum absolute atomic E-state index is 0.00276. The van der Waals surface area contributed by atoms with Crippen molar-refractivity contribution in [2.45, 2.75) is 26.7 Å². The number of aromatic nitrogens is 3. The Bertz CT molecular complexity index is 904. The van der Waals surface area contributed by atoms with Gasteiger partial charge in [0.1, 0.15) is 5.82 Å². The number of para-hydroxylation sites is 1. The average molecular weight is 366 g/mol. The largest absolute Gasteiger partial charge is 0.370 e. The first kappa shape index (κ1) is 18.7. The van der Waals surface area contributed by atoms with Crippen LogP contribution in [0.2, 0.25) is 0 Å². The van der Waals surface area contributed by atoms with E-state index in [4.69, 9.17) is 0 Å². The Hall–Kier alpha value is -3.09. The predicted molar refractivity (Wildman–Crippen MR) is 109 cm³/mol. The molecule has 0 atom stereocenters. The lowest BCUT2D eigenvalue weighted by molar-refractivity contribution is -0.120. The molecular weight excluding hydrogens is 340 g/mol. The maximum Gasteiger partial charge on any atom is 0.224 e. The standard InChI is InChI=1S/C20H26N6O/c1-3-8-21-18-11-14(2)25-20(26-18)23-10-9-22-19(27)12-15-13-24-17-7-5-4-6-16(15)17/h4-7,11,13,24H,3,8-10,12H2,1-2H3,(H,22,27)(H2,21,23,25,26). The van der Waals surface area contributed by atoms with Gasteiger partial charge in [-0.05, 0) is 25.0 Å². The normalized spacial score (nSPS) is 10.7. The Kier molecular flexibility index (Phi) is 6.25. The minimum atomic E-state index is -0.00276. The highest BCUT2D eigenvalue weighted by molar-refractivity contribution is 5.88. The van der Waals surface area contributed by atoms with Crippen molar-refractivity contribution in [2.24, 2.45) is 0 Å². The highest BCUT2D eigenvalue weighted by Gasteiger charge is 2.08. The van der Waals surface area contributed by atoms with Gasteiger partial charge >= 0.3 is 0 Å². The van der Waals surface area contributed by atoms with E-state index in [1.807, 2.05) is 43.5 Å². The summed E-state index contributed by atoms with van der Waals surface area (Å²) in [5.41, 5.74) is 2.95. The van der Waals surface area contributed by atoms with Gasteiger partial charge in [-0.1, -0.05) is 25.1 Å². The molecule has 0 bridgehead atoms. The van der Waals surface area contributed by atoms with Crippen molar-refractivity contribution in [3.63, 3.8) is 0 Å². The van der Waals surface area contributed by atoms with Crippen LogP contribution in [0.5, 0.6) is 0 Å². The molecule has 4 N–H and O–H groups in total. The SMILES string of the molecule is CCCNc1cc(C)nc(NCCNC(=O)Cc2c[nH]c3ccccc23)n1. The number of anilines is 2. The van der Waals surface area contributed by atoms with Crippen LogP contribution in [-0.4, -0.2) is 40.5 Å². The van der Waals surface area contributed by atoms with Gasteiger partial charge in [-0.15, -0.1) is 0 Å². The molecule has 3 rings (SSSR count). The number of aromatic amines is 1. The number of fused-ring (bicyclic) bond motifs is 1. The van der Waals surface area contributed by atoms with Gasteiger partial charge in [-0.3, -0.25) is 4.79 Å². The third kappa shape index (κ3) is 5.20. The van der Waals surface area contributed by atoms with Gasteiger partial charge in [-0.2, -0.15) is 4.98 Å². The third-order valence-corrected chi connectivity index (χ3v) is 4.17. The van der Waals surface area contributed by atoms with Crippen molar-refractivity contribution in [1.29, 1.82) is 0 Å². The molecule has 0 saturated heterocycles. The number of nitrogens with one attached hydrogen (secondary N) is 4. The molecule has 2 aromatic heterocycles. The molecule has 0 spiro atoms. The Morgan fingerprint density at radius 1 is 1.11 bits per heavy atom. The molecule has 7 heteroatoms. The van der Waals surface area contributed by atoms with Gasteiger partial charge in [0.25, 0.3) is 0 Å². The molecule has 0 fully saturated rings. The minimum Gasteiger partial charge on any atom is -0.370 e. The van der Waals surface area contributed by atoms with Crippen LogP contribution in [0.1, 0.15) is 24.6 Å². The van der Waals surface area contributed by atoms with Gasteiger partial charge < -0.3 is 20.9 Å². The lowest BCUT2D eigenvalue weighted by Gasteiger charge is -2.10. The molecule has 1 amide bonds. The lowest BCUT2D eigenvalue weighted by atomic mass is 10.1. The second-order valence-electron chi connectivity index (χ2n) is 6.46. The molecule has 27 heavy (non-hydrogen) atoms. The summed E-state index contributed by atoms with van der Waals surface area (Å²) < 4.78 is 0. The summed E-state index contributed by atoms with van der Waals surface area (Å²) >= 11 is 0. The number of rotatable bonds is 9. The molecule has 2 heterocycles. The molecule has 0 unspecified atom stereocenters. The topological polar surface area (TPSA) is 94.7 Å². The monoisotopic (exact) mass is 366 g/mol. The van der Waals surface area contributed by atoms with Crippen LogP contribution in [0.15, 0.2) is 36.5 Å². The molecule has 0 radical (unpaired) electrons. The van der Waals surface area contributed by atoms with E-state index in [0.717, 1.165) is 40.9 Å². The molecule has 0 aliphatic carbocycles. The Morgan fingerprint density at radius 2 is 1.96 bits per heavy atom. The first-order chi connectivity index (χ1) is 13.2. The Morgan fingerprint density at radius 3 is 2.81 bits per heavy atom. The molecule has 142 valence electrons. The van der Waals surface area contributed by atoms with Crippen molar-refractivity contribution in [3.05, 3.63) is 47.8 Å². The second kappa shape index (κ2) is 9.02. The summed E-state index contributed by atoms with van der Waals surface area (Å²) in [7, 11) is 0. The van der Waals surface area contributed by atoms with Gasteiger partial charge in [0.2, 0.25) is 11.9 Å². The van der Waals surface area contributed by atoms with Gasteiger partial charge in [0.15, 0.2) is 0 Å². The van der Waals surface area contributed by atoms with Crippen LogP contribution < -0.4 is 16.0 Å². The zero-order valence-electron chi connectivity index (χ0n) is 15.8. The summed E-state index contributed by atoms with van der Waals surface area (Å²) in [6.07, 6.45) is 3.29. The zero-order valence-corrected chi connectivity index (χ0v) is 15.8. The summed E-state index contributed by atoms with van der Waals surface area (Å²) in [5, 5.41) is 10.4. The molecule has 1 aromatic carbocycles. The van der Waals surface area contributed by atoms with Crippen LogP contribution in [0.25, 0.3) is 10.9 Å². The number of nitrogens with zero attached hydrogens (tertiary/aromatic N) is 2. The van der Waals surface area contributed by atoms with Gasteiger partial charge in [0, 0.05) is 48.5 Å². The van der Waals surface area contributed by atoms with Crippen LogP contribution in [-0.2, 0) is 11.2 Å². The van der Waals surface area contributed by atoms with Crippen molar-refractivity contribution < 1.29 is 4.79 Å². The Balaban J connectivity index is 1.46. The van der Waals surface area contributed by atoms with Crippen molar-refractivity contribution in [3.8, 4) is 0 Å². The smallest absolute Gasteiger partial charge is 0.224 e. The fraction of sp³-hybridized carbons (Fsp3) is 0.350. The number of carbonyl (C=O) groups is 1. The summed E-state index contributed by atoms with van der Waals surface area (Å²) in [4.78, 5) is 24.2. The van der Waals surface area contributed by atoms with Crippen molar-refractivity contribution in [1.82, 2.24) is 20.3 Å². The number of aryl methyl sites for hydroxylation is 1. The molecule has 7 nitrogen and oxygen atoms in total. The number of H-pyrrole nitrogens is 1. The molecule has 3 aromatic rings. The van der Waals surface area contributed by atoms with E-state index in [2.05, 4.69) is 37.8 Å². The predicted octanol–water partition coefficient (Wildman–Crippen LogP) is 2.86. The van der Waals surface area contributed by atoms with E-state index in [1.54, 1.807) is 0 Å². The zero-order chi connectivity index (χ0) is 19.1. The number of amides is 1. The van der Waals surface area contributed by atoms with E-state index in [1.165, 1.54) is 0 Å². The number of hydrogen-bond donors (Lipinski definition) is 4. The Labute approximate surface area is 159 Å². The van der Waals surface area contributed by atoms with Crippen LogP contribution in [0.4, 0.5) is 11.8 Å². The van der Waals surface area contributed by atoms with Gasteiger partial charge in [0.05, 0.1) is 6.42 Å².